The zero-order chi connectivity index (χ0) is 15.3. The number of nitrogens with two attached hydrogens (primary N) is 1. The summed E-state index contributed by atoms with van der Waals surface area (Å²) in [5.41, 5.74) is 5.44. The van der Waals surface area contributed by atoms with Crippen molar-refractivity contribution in [3.05, 3.63) is 16.7 Å². The maximum Gasteiger partial charge on any atom is 0.282 e. The van der Waals surface area contributed by atoms with Crippen LogP contribution in [-0.4, -0.2) is 59.3 Å². The van der Waals surface area contributed by atoms with Gasteiger partial charge >= 0.3 is 0 Å². The van der Waals surface area contributed by atoms with Crippen molar-refractivity contribution >= 4 is 17.1 Å². The van der Waals surface area contributed by atoms with Crippen molar-refractivity contribution in [2.75, 3.05) is 12.3 Å². The van der Waals surface area contributed by atoms with E-state index in [1.54, 1.807) is 0 Å². The quantitative estimate of drug-likeness (QED) is 0.468. The topological polar surface area (TPSA) is 149 Å². The molecule has 1 fully saturated rings. The molecule has 10 nitrogen and oxygen atoms in total. The van der Waals surface area contributed by atoms with Gasteiger partial charge in [0.25, 0.3) is 5.56 Å². The zero-order valence-electron chi connectivity index (χ0n) is 11.1. The van der Waals surface area contributed by atoms with Crippen LogP contribution in [-0.2, 0) is 11.8 Å². The first-order valence-corrected chi connectivity index (χ1v) is 6.27. The number of imidazole rings is 1. The Labute approximate surface area is 118 Å². The van der Waals surface area contributed by atoms with E-state index in [1.807, 2.05) is 0 Å². The van der Waals surface area contributed by atoms with Crippen LogP contribution in [0, 0.1) is 0 Å². The number of ether oxygens (including phenoxy) is 1. The average molecular weight is 297 g/mol. The lowest BCUT2D eigenvalue weighted by atomic mass is 10.1. The molecule has 114 valence electrons. The molecule has 0 bridgehead atoms. The van der Waals surface area contributed by atoms with E-state index in [1.165, 1.54) is 17.9 Å². The lowest BCUT2D eigenvalue weighted by molar-refractivity contribution is -0.0511. The van der Waals surface area contributed by atoms with Gasteiger partial charge in [0.15, 0.2) is 17.4 Å². The van der Waals surface area contributed by atoms with Gasteiger partial charge in [-0.25, -0.2) is 4.98 Å². The molecule has 0 amide bonds. The van der Waals surface area contributed by atoms with Crippen molar-refractivity contribution in [3.63, 3.8) is 0 Å². The lowest BCUT2D eigenvalue weighted by Gasteiger charge is -2.16. The summed E-state index contributed by atoms with van der Waals surface area (Å²) in [5.74, 6) is -0.0130. The maximum absolute atomic E-state index is 12.0. The summed E-state index contributed by atoms with van der Waals surface area (Å²) in [6, 6.07) is 0. The molecule has 0 spiro atoms. The Morgan fingerprint density at radius 2 is 2.14 bits per heavy atom. The summed E-state index contributed by atoms with van der Waals surface area (Å²) < 4.78 is 7.85. The molecule has 2 aromatic heterocycles. The summed E-state index contributed by atoms with van der Waals surface area (Å²) in [7, 11) is 1.47. The molecule has 2 aromatic rings. The normalized spacial score (nSPS) is 29.3. The predicted molar refractivity (Wildman–Crippen MR) is 70.2 cm³/mol. The second-order valence-electron chi connectivity index (χ2n) is 4.89. The molecule has 0 aromatic carbocycles. The van der Waals surface area contributed by atoms with Crippen molar-refractivity contribution < 1.29 is 20.1 Å². The predicted octanol–water partition coefficient (Wildman–Crippen LogP) is -2.68. The number of aliphatic hydroxyl groups excluding tert-OH is 3. The first kappa shape index (κ1) is 13.9. The minimum absolute atomic E-state index is 0.0130. The highest BCUT2D eigenvalue weighted by molar-refractivity contribution is 5.71. The second-order valence-corrected chi connectivity index (χ2v) is 4.89. The smallest absolute Gasteiger partial charge is 0.282 e. The lowest BCUT2D eigenvalue weighted by Crippen LogP contribution is -2.33. The fraction of sp³-hybridized carbons (Fsp3) is 0.545. The summed E-state index contributed by atoms with van der Waals surface area (Å²) in [6.07, 6.45) is -3.20. The summed E-state index contributed by atoms with van der Waals surface area (Å²) in [5, 5.41) is 28.9. The molecule has 1 aliphatic rings. The number of hydrogen-bond donors (Lipinski definition) is 4. The molecule has 0 radical (unpaired) electrons. The first-order valence-electron chi connectivity index (χ1n) is 6.27. The molecule has 0 saturated carbocycles. The Morgan fingerprint density at radius 1 is 1.43 bits per heavy atom. The van der Waals surface area contributed by atoms with Crippen LogP contribution >= 0.6 is 0 Å². The largest absolute Gasteiger partial charge is 0.394 e. The summed E-state index contributed by atoms with van der Waals surface area (Å²) in [4.78, 5) is 20.0. The Kier molecular flexibility index (Phi) is 3.17. The highest BCUT2D eigenvalue weighted by Crippen LogP contribution is 2.30. The molecular weight excluding hydrogens is 282 g/mol. The minimum Gasteiger partial charge on any atom is -0.394 e. The van der Waals surface area contributed by atoms with Crippen LogP contribution in [0.2, 0.25) is 0 Å². The number of nitrogen functional groups attached to an aromatic ring is 1. The van der Waals surface area contributed by atoms with Crippen LogP contribution < -0.4 is 11.3 Å². The summed E-state index contributed by atoms with van der Waals surface area (Å²) >= 11 is 0. The molecular formula is C11H15N5O5. The van der Waals surface area contributed by atoms with E-state index in [9.17, 15) is 15.0 Å². The van der Waals surface area contributed by atoms with Gasteiger partial charge in [-0.1, -0.05) is 0 Å². The Morgan fingerprint density at radius 3 is 2.76 bits per heavy atom. The molecule has 3 rings (SSSR count). The van der Waals surface area contributed by atoms with Crippen molar-refractivity contribution in [2.45, 2.75) is 24.5 Å². The number of hydrogen-bond acceptors (Lipinski definition) is 8. The molecule has 3 unspecified atom stereocenters. The standard InChI is InChI=1S/C11H15N5O5/c1-15-9(20)5-8(14-11(15)12)16(3-13-5)10-7(19)6(18)4(2-17)21-10/h3-4,6-7,10,17-19H,2H2,1H3,(H2,12,14)/t4-,6?,7?,10?/m1/s1. The highest BCUT2D eigenvalue weighted by atomic mass is 16.6. The fourth-order valence-electron chi connectivity index (χ4n) is 2.36. The number of aromatic nitrogens is 4. The number of nitrogens with zero attached hydrogens (tertiary/aromatic N) is 4. The van der Waals surface area contributed by atoms with E-state index in [0.717, 1.165) is 4.57 Å². The van der Waals surface area contributed by atoms with Gasteiger partial charge in [0.05, 0.1) is 12.9 Å². The van der Waals surface area contributed by atoms with Gasteiger partial charge in [-0.15, -0.1) is 0 Å². The van der Waals surface area contributed by atoms with Crippen molar-refractivity contribution in [2.24, 2.45) is 7.05 Å². The van der Waals surface area contributed by atoms with Gasteiger partial charge in [-0.2, -0.15) is 4.98 Å². The molecule has 1 saturated heterocycles. The van der Waals surface area contributed by atoms with Crippen molar-refractivity contribution in [3.8, 4) is 0 Å². The Balaban J connectivity index is 2.12. The van der Waals surface area contributed by atoms with Gasteiger partial charge in [0.1, 0.15) is 18.3 Å². The first-order chi connectivity index (χ1) is 9.95. The van der Waals surface area contributed by atoms with Crippen LogP contribution in [0.3, 0.4) is 0 Å². The molecule has 4 atom stereocenters. The Hall–Kier alpha value is -2.01. The third kappa shape index (κ3) is 1.92. The molecule has 1 aliphatic heterocycles. The van der Waals surface area contributed by atoms with Gasteiger partial charge in [-0.05, 0) is 0 Å². The van der Waals surface area contributed by atoms with Crippen molar-refractivity contribution in [1.82, 2.24) is 19.1 Å². The molecule has 5 N–H and O–H groups in total. The molecule has 0 aliphatic carbocycles. The van der Waals surface area contributed by atoms with Gasteiger partial charge in [-0.3, -0.25) is 13.9 Å². The SMILES string of the molecule is Cn1c(N)nc2c(ncn2C2O[C@H](CO)C(O)C2O)c1=O. The fourth-order valence-corrected chi connectivity index (χ4v) is 2.36. The van der Waals surface area contributed by atoms with Crippen LogP contribution in [0.1, 0.15) is 6.23 Å². The van der Waals surface area contributed by atoms with E-state index < -0.39 is 36.7 Å². The molecule has 3 heterocycles. The highest BCUT2D eigenvalue weighted by Gasteiger charge is 2.44. The number of rotatable bonds is 2. The minimum atomic E-state index is -1.29. The molecule has 10 heteroatoms. The Bertz CT molecular complexity index is 740. The van der Waals surface area contributed by atoms with Crippen LogP contribution in [0.5, 0.6) is 0 Å². The van der Waals surface area contributed by atoms with E-state index in [-0.39, 0.29) is 17.1 Å². The number of fused-ring (bicyclic) bond motifs is 1. The van der Waals surface area contributed by atoms with Crippen LogP contribution in [0.4, 0.5) is 5.95 Å². The van der Waals surface area contributed by atoms with E-state index in [0.29, 0.717) is 0 Å². The van der Waals surface area contributed by atoms with Gasteiger partial charge < -0.3 is 25.8 Å². The maximum atomic E-state index is 12.0. The summed E-state index contributed by atoms with van der Waals surface area (Å²) in [6.45, 7) is -0.446. The van der Waals surface area contributed by atoms with E-state index in [2.05, 4.69) is 9.97 Å². The van der Waals surface area contributed by atoms with Crippen LogP contribution in [0.25, 0.3) is 11.2 Å². The number of anilines is 1. The van der Waals surface area contributed by atoms with Crippen molar-refractivity contribution in [1.29, 1.82) is 0 Å². The third-order valence-corrected chi connectivity index (χ3v) is 3.63. The van der Waals surface area contributed by atoms with Gasteiger partial charge in [0.2, 0.25) is 5.95 Å². The van der Waals surface area contributed by atoms with Crippen LogP contribution in [0.15, 0.2) is 11.1 Å². The monoisotopic (exact) mass is 297 g/mol. The molecule has 21 heavy (non-hydrogen) atoms. The van der Waals surface area contributed by atoms with Gasteiger partial charge in [0, 0.05) is 7.05 Å². The zero-order valence-corrected chi connectivity index (χ0v) is 11.1. The number of aliphatic hydroxyl groups is 3. The van der Waals surface area contributed by atoms with E-state index in [4.69, 9.17) is 15.6 Å². The third-order valence-electron chi connectivity index (χ3n) is 3.63. The van der Waals surface area contributed by atoms with E-state index >= 15 is 0 Å². The average Bonchev–Trinajstić information content (AvgIpc) is 2.99. The second kappa shape index (κ2) is 4.77.